The van der Waals surface area contributed by atoms with Crippen molar-refractivity contribution >= 4 is 0 Å². The van der Waals surface area contributed by atoms with Gasteiger partial charge in [-0.15, -0.1) is 0 Å². The Bertz CT molecular complexity index is 357. The minimum Gasteiger partial charge on any atom is -0.383 e. The van der Waals surface area contributed by atoms with Crippen molar-refractivity contribution in [3.63, 3.8) is 0 Å². The number of hydrogen-bond donors (Lipinski definition) is 0. The van der Waals surface area contributed by atoms with E-state index in [9.17, 15) is 0 Å². The Balaban J connectivity index is 2.61. The Kier molecular flexibility index (Phi) is 9.21. The minimum atomic E-state index is -0.308. The second-order valence-electron chi connectivity index (χ2n) is 4.81. The van der Waals surface area contributed by atoms with Crippen LogP contribution in [0.5, 0.6) is 0 Å². The van der Waals surface area contributed by atoms with Crippen molar-refractivity contribution in [2.45, 2.75) is 12.8 Å². The van der Waals surface area contributed by atoms with E-state index in [2.05, 4.69) is 17.0 Å². The molecular weight excluding hydrogens is 270 g/mol. The third-order valence-electron chi connectivity index (χ3n) is 3.31. The molecule has 0 spiro atoms. The standard InChI is InChI=1S/C16H27NO4/c1-18-11-9-17(10-12-19-2)13-14-5-7-15(8-6-14)16(20-3)21-4/h5-8,16H,9-13H2,1-4H3. The zero-order valence-corrected chi connectivity index (χ0v) is 13.5. The highest BCUT2D eigenvalue weighted by molar-refractivity contribution is 5.23. The molecule has 0 unspecified atom stereocenters. The monoisotopic (exact) mass is 297 g/mol. The van der Waals surface area contributed by atoms with E-state index in [4.69, 9.17) is 18.9 Å². The van der Waals surface area contributed by atoms with Crippen molar-refractivity contribution in [2.24, 2.45) is 0 Å². The maximum Gasteiger partial charge on any atom is 0.183 e. The molecule has 0 fully saturated rings. The first-order valence-corrected chi connectivity index (χ1v) is 7.09. The van der Waals surface area contributed by atoms with E-state index in [-0.39, 0.29) is 6.29 Å². The zero-order chi connectivity index (χ0) is 15.5. The maximum absolute atomic E-state index is 5.25. The van der Waals surface area contributed by atoms with Gasteiger partial charge in [-0.1, -0.05) is 24.3 Å². The summed E-state index contributed by atoms with van der Waals surface area (Å²) >= 11 is 0. The molecule has 21 heavy (non-hydrogen) atoms. The maximum atomic E-state index is 5.25. The fourth-order valence-electron chi connectivity index (χ4n) is 2.12. The Morgan fingerprint density at radius 2 is 1.38 bits per heavy atom. The molecule has 0 saturated heterocycles. The summed E-state index contributed by atoms with van der Waals surface area (Å²) in [5.41, 5.74) is 2.26. The summed E-state index contributed by atoms with van der Waals surface area (Å²) < 4.78 is 20.8. The average Bonchev–Trinajstić information content (AvgIpc) is 2.52. The summed E-state index contributed by atoms with van der Waals surface area (Å²) in [6.45, 7) is 4.09. The van der Waals surface area contributed by atoms with Gasteiger partial charge in [0.25, 0.3) is 0 Å². The molecule has 0 amide bonds. The van der Waals surface area contributed by atoms with E-state index in [0.29, 0.717) is 0 Å². The second-order valence-corrected chi connectivity index (χ2v) is 4.81. The van der Waals surface area contributed by atoms with Gasteiger partial charge in [0.15, 0.2) is 6.29 Å². The molecule has 0 bridgehead atoms. The fraction of sp³-hybridized carbons (Fsp3) is 0.625. The molecule has 1 aromatic rings. The van der Waals surface area contributed by atoms with E-state index in [1.807, 2.05) is 12.1 Å². The Morgan fingerprint density at radius 1 is 0.857 bits per heavy atom. The van der Waals surface area contributed by atoms with Crippen LogP contribution in [0.4, 0.5) is 0 Å². The topological polar surface area (TPSA) is 40.2 Å². The number of benzene rings is 1. The van der Waals surface area contributed by atoms with E-state index in [1.54, 1.807) is 28.4 Å². The van der Waals surface area contributed by atoms with Crippen molar-refractivity contribution in [1.29, 1.82) is 0 Å². The quantitative estimate of drug-likeness (QED) is 0.585. The smallest absolute Gasteiger partial charge is 0.183 e. The van der Waals surface area contributed by atoms with Crippen LogP contribution in [0.2, 0.25) is 0 Å². The number of rotatable bonds is 11. The molecule has 0 heterocycles. The fourth-order valence-corrected chi connectivity index (χ4v) is 2.12. The summed E-state index contributed by atoms with van der Waals surface area (Å²) in [6.07, 6.45) is -0.308. The molecule has 0 radical (unpaired) electrons. The van der Waals surface area contributed by atoms with E-state index < -0.39 is 0 Å². The molecule has 1 rings (SSSR count). The summed E-state index contributed by atoms with van der Waals surface area (Å²) in [7, 11) is 6.72. The number of methoxy groups -OCH3 is 4. The first-order valence-electron chi connectivity index (χ1n) is 7.09. The molecule has 1 aromatic carbocycles. The summed E-state index contributed by atoms with van der Waals surface area (Å²) in [4.78, 5) is 2.31. The van der Waals surface area contributed by atoms with Crippen molar-refractivity contribution in [2.75, 3.05) is 54.7 Å². The van der Waals surface area contributed by atoms with Crippen molar-refractivity contribution < 1.29 is 18.9 Å². The number of hydrogen-bond acceptors (Lipinski definition) is 5. The van der Waals surface area contributed by atoms with Crippen LogP contribution in [-0.2, 0) is 25.5 Å². The van der Waals surface area contributed by atoms with Gasteiger partial charge in [0.1, 0.15) is 0 Å². The van der Waals surface area contributed by atoms with Gasteiger partial charge < -0.3 is 18.9 Å². The SMILES string of the molecule is COCCN(CCOC)Cc1ccc(C(OC)OC)cc1. The third kappa shape index (κ3) is 6.54. The predicted molar refractivity (Wildman–Crippen MR) is 82.2 cm³/mol. The number of ether oxygens (including phenoxy) is 4. The van der Waals surface area contributed by atoms with Gasteiger partial charge in [0, 0.05) is 53.6 Å². The molecule has 0 aliphatic carbocycles. The van der Waals surface area contributed by atoms with Gasteiger partial charge in [-0.05, 0) is 5.56 Å². The molecule has 0 aliphatic rings. The lowest BCUT2D eigenvalue weighted by Gasteiger charge is -2.22. The van der Waals surface area contributed by atoms with Gasteiger partial charge in [-0.2, -0.15) is 0 Å². The normalized spacial score (nSPS) is 11.5. The molecular formula is C16H27NO4. The largest absolute Gasteiger partial charge is 0.383 e. The second kappa shape index (κ2) is 10.7. The predicted octanol–water partition coefficient (Wildman–Crippen LogP) is 2.07. The molecule has 120 valence electrons. The van der Waals surface area contributed by atoms with Gasteiger partial charge in [-0.3, -0.25) is 4.90 Å². The van der Waals surface area contributed by atoms with E-state index in [1.165, 1.54) is 5.56 Å². The molecule has 0 aromatic heterocycles. The molecule has 5 nitrogen and oxygen atoms in total. The van der Waals surface area contributed by atoms with Crippen molar-refractivity contribution in [1.82, 2.24) is 4.90 Å². The molecule has 0 atom stereocenters. The van der Waals surface area contributed by atoms with Crippen LogP contribution in [0, 0.1) is 0 Å². The van der Waals surface area contributed by atoms with Gasteiger partial charge in [-0.25, -0.2) is 0 Å². The van der Waals surface area contributed by atoms with E-state index >= 15 is 0 Å². The van der Waals surface area contributed by atoms with Crippen LogP contribution in [0.15, 0.2) is 24.3 Å². The number of nitrogens with zero attached hydrogens (tertiary/aromatic N) is 1. The van der Waals surface area contributed by atoms with Crippen LogP contribution in [0.3, 0.4) is 0 Å². The van der Waals surface area contributed by atoms with Crippen LogP contribution in [0.25, 0.3) is 0 Å². The molecule has 5 heteroatoms. The average molecular weight is 297 g/mol. The summed E-state index contributed by atoms with van der Waals surface area (Å²) in [5, 5.41) is 0. The highest BCUT2D eigenvalue weighted by atomic mass is 16.7. The molecule has 0 saturated carbocycles. The first kappa shape index (κ1) is 18.1. The lowest BCUT2D eigenvalue weighted by Crippen LogP contribution is -2.30. The van der Waals surface area contributed by atoms with Crippen LogP contribution in [-0.4, -0.2) is 59.6 Å². The zero-order valence-electron chi connectivity index (χ0n) is 13.5. The molecule has 0 N–H and O–H groups in total. The van der Waals surface area contributed by atoms with E-state index in [0.717, 1.165) is 38.4 Å². The summed E-state index contributed by atoms with van der Waals surface area (Å²) in [5.74, 6) is 0. The summed E-state index contributed by atoms with van der Waals surface area (Å²) in [6, 6.07) is 8.29. The Hall–Kier alpha value is -0.980. The highest BCUT2D eigenvalue weighted by Crippen LogP contribution is 2.18. The van der Waals surface area contributed by atoms with Crippen molar-refractivity contribution in [3.05, 3.63) is 35.4 Å². The lowest BCUT2D eigenvalue weighted by molar-refractivity contribution is -0.106. The third-order valence-corrected chi connectivity index (χ3v) is 3.31. The molecule has 0 aliphatic heterocycles. The van der Waals surface area contributed by atoms with Crippen LogP contribution in [0.1, 0.15) is 17.4 Å². The lowest BCUT2D eigenvalue weighted by atomic mass is 10.1. The first-order chi connectivity index (χ1) is 10.2. The van der Waals surface area contributed by atoms with Gasteiger partial charge in [0.2, 0.25) is 0 Å². The van der Waals surface area contributed by atoms with Gasteiger partial charge in [0.05, 0.1) is 13.2 Å². The van der Waals surface area contributed by atoms with Crippen molar-refractivity contribution in [3.8, 4) is 0 Å². The minimum absolute atomic E-state index is 0.308. The Labute approximate surface area is 127 Å². The van der Waals surface area contributed by atoms with Crippen LogP contribution >= 0.6 is 0 Å². The van der Waals surface area contributed by atoms with Gasteiger partial charge >= 0.3 is 0 Å². The highest BCUT2D eigenvalue weighted by Gasteiger charge is 2.10. The van der Waals surface area contributed by atoms with Crippen LogP contribution < -0.4 is 0 Å². The Morgan fingerprint density at radius 3 is 1.81 bits per heavy atom.